The van der Waals surface area contributed by atoms with Crippen molar-refractivity contribution >= 4 is 57.6 Å². The lowest BCUT2D eigenvalue weighted by atomic mass is 9.92. The third-order valence-corrected chi connectivity index (χ3v) is 8.63. The summed E-state index contributed by atoms with van der Waals surface area (Å²) < 4.78 is 14.1. The molecule has 1 aromatic heterocycles. The molecular formula is C25H27Cl2FN4O5. The Morgan fingerprint density at radius 2 is 2.00 bits per heavy atom. The summed E-state index contributed by atoms with van der Waals surface area (Å²) in [6.07, 6.45) is 3.17. The zero-order valence-corrected chi connectivity index (χ0v) is 21.4. The van der Waals surface area contributed by atoms with Crippen LogP contribution in [0, 0.1) is 23.6 Å². The lowest BCUT2D eigenvalue weighted by molar-refractivity contribution is -0.133. The van der Waals surface area contributed by atoms with Gasteiger partial charge in [-0.05, 0) is 49.7 Å². The third-order valence-electron chi connectivity index (χ3n) is 7.95. The second-order valence-electron chi connectivity index (χ2n) is 10.1. The normalized spacial score (nSPS) is 25.8. The molecule has 5 rings (SSSR count). The van der Waals surface area contributed by atoms with Crippen LogP contribution in [0.5, 0.6) is 0 Å². The Kier molecular flexibility index (Phi) is 7.17. The van der Waals surface area contributed by atoms with Crippen LogP contribution in [-0.4, -0.2) is 70.3 Å². The fourth-order valence-corrected chi connectivity index (χ4v) is 6.55. The summed E-state index contributed by atoms with van der Waals surface area (Å²) in [5.74, 6) is -2.85. The topological polar surface area (TPSA) is 132 Å². The number of rotatable bonds is 7. The predicted octanol–water partition coefficient (Wildman–Crippen LogP) is 2.43. The number of nitrogens with zero attached hydrogens (tertiary/aromatic N) is 1. The molecule has 5 atom stereocenters. The largest absolute Gasteiger partial charge is 0.389 e. The summed E-state index contributed by atoms with van der Waals surface area (Å²) >= 11 is 12.2. The highest BCUT2D eigenvalue weighted by atomic mass is 35.5. The highest BCUT2D eigenvalue weighted by Gasteiger charge is 2.50. The minimum absolute atomic E-state index is 0.0797. The van der Waals surface area contributed by atoms with Crippen LogP contribution in [0.15, 0.2) is 12.1 Å². The minimum Gasteiger partial charge on any atom is -0.389 e. The van der Waals surface area contributed by atoms with Gasteiger partial charge in [-0.25, -0.2) is 4.39 Å². The number of carbonyl (C=O) groups is 4. The van der Waals surface area contributed by atoms with Crippen LogP contribution in [0.2, 0.25) is 10.0 Å². The molecular weight excluding hydrogens is 526 g/mol. The number of likely N-dealkylation sites (tertiary alicyclic amines) is 1. The van der Waals surface area contributed by atoms with E-state index in [0.717, 1.165) is 25.3 Å². The summed E-state index contributed by atoms with van der Waals surface area (Å²) in [5.41, 5.74) is 0.312. The fraction of sp³-hybridized carbons (Fsp3) is 0.520. The van der Waals surface area contributed by atoms with Crippen molar-refractivity contribution in [3.05, 3.63) is 33.7 Å². The van der Waals surface area contributed by atoms with Crippen LogP contribution >= 0.6 is 23.2 Å². The van der Waals surface area contributed by atoms with Crippen LogP contribution in [0.1, 0.15) is 42.6 Å². The van der Waals surface area contributed by atoms with Gasteiger partial charge < -0.3 is 25.6 Å². The lowest BCUT2D eigenvalue weighted by Gasteiger charge is -2.29. The van der Waals surface area contributed by atoms with E-state index >= 15 is 0 Å². The standard InChI is InChI=1S/C25H27Cl2FN4O5/c26-15-8-16(28)20(27)21-14(15)7-18(30-21)25(37)32-9-12-2-1-3-13(12)22(32)24(36)31-17(19(34)10-33)6-11-4-5-29-23(11)35/h7-8,11-13,17,22,30,33H,1-6,9-10H2,(H,29,35)(H,31,36)/t11-,12-,13-,17?,22-/m0/s1. The van der Waals surface area contributed by atoms with E-state index in [9.17, 15) is 28.7 Å². The van der Waals surface area contributed by atoms with Crippen molar-refractivity contribution in [1.29, 1.82) is 0 Å². The van der Waals surface area contributed by atoms with Gasteiger partial charge in [0.1, 0.15) is 29.2 Å². The van der Waals surface area contributed by atoms with Crippen molar-refractivity contribution in [1.82, 2.24) is 20.5 Å². The van der Waals surface area contributed by atoms with Gasteiger partial charge >= 0.3 is 0 Å². The second kappa shape index (κ2) is 10.2. The van der Waals surface area contributed by atoms with Gasteiger partial charge in [-0.2, -0.15) is 0 Å². The molecule has 1 saturated carbocycles. The molecule has 37 heavy (non-hydrogen) atoms. The van der Waals surface area contributed by atoms with E-state index in [-0.39, 0.29) is 45.4 Å². The number of H-pyrrole nitrogens is 1. The number of hydrogen-bond donors (Lipinski definition) is 4. The van der Waals surface area contributed by atoms with Crippen LogP contribution in [-0.2, 0) is 14.4 Å². The minimum atomic E-state index is -1.04. The van der Waals surface area contributed by atoms with Gasteiger partial charge in [0.15, 0.2) is 5.78 Å². The number of amides is 3. The molecule has 3 heterocycles. The van der Waals surface area contributed by atoms with Crippen LogP contribution in [0.4, 0.5) is 4.39 Å². The van der Waals surface area contributed by atoms with Gasteiger partial charge in [0.25, 0.3) is 5.91 Å². The highest BCUT2D eigenvalue weighted by Crippen LogP contribution is 2.43. The molecule has 1 aliphatic carbocycles. The molecule has 4 N–H and O–H groups in total. The molecule has 2 saturated heterocycles. The molecule has 0 spiro atoms. The summed E-state index contributed by atoms with van der Waals surface area (Å²) in [4.78, 5) is 56.1. The summed E-state index contributed by atoms with van der Waals surface area (Å²) in [5, 5.41) is 15.2. The first kappa shape index (κ1) is 25.9. The zero-order valence-electron chi connectivity index (χ0n) is 19.9. The molecule has 12 heteroatoms. The van der Waals surface area contributed by atoms with E-state index in [2.05, 4.69) is 15.6 Å². The van der Waals surface area contributed by atoms with Crippen molar-refractivity contribution in [2.75, 3.05) is 19.7 Å². The van der Waals surface area contributed by atoms with Crippen molar-refractivity contribution in [2.45, 2.75) is 44.2 Å². The Morgan fingerprint density at radius 1 is 1.22 bits per heavy atom. The smallest absolute Gasteiger partial charge is 0.271 e. The van der Waals surface area contributed by atoms with Crippen molar-refractivity contribution in [2.24, 2.45) is 17.8 Å². The first-order valence-electron chi connectivity index (χ1n) is 12.4. The molecule has 1 unspecified atom stereocenters. The molecule has 1 aromatic carbocycles. The second-order valence-corrected chi connectivity index (χ2v) is 10.9. The SMILES string of the molecule is O=C(CO)C(C[C@@H]1CCNC1=O)NC(=O)[C@@H]1[C@H]2CCC[C@H]2CN1C(=O)c1cc2c(Cl)cc(F)c(Cl)c2[nH]1. The number of aliphatic hydroxyl groups is 1. The molecule has 3 fully saturated rings. The Labute approximate surface area is 222 Å². The number of carbonyl (C=O) groups excluding carboxylic acids is 4. The van der Waals surface area contributed by atoms with E-state index < -0.39 is 48.0 Å². The first-order chi connectivity index (χ1) is 17.7. The number of aliphatic hydroxyl groups excluding tert-OH is 1. The molecule has 0 radical (unpaired) electrons. The molecule has 9 nitrogen and oxygen atoms in total. The number of aromatic nitrogens is 1. The van der Waals surface area contributed by atoms with Gasteiger partial charge in [-0.15, -0.1) is 0 Å². The number of aromatic amines is 1. The van der Waals surface area contributed by atoms with Gasteiger partial charge in [-0.3, -0.25) is 19.2 Å². The van der Waals surface area contributed by atoms with Crippen molar-refractivity contribution in [3.8, 4) is 0 Å². The average Bonchev–Trinajstić information content (AvgIpc) is 3.65. The maximum atomic E-state index is 14.1. The van der Waals surface area contributed by atoms with E-state index in [0.29, 0.717) is 24.9 Å². The highest BCUT2D eigenvalue weighted by molar-refractivity contribution is 6.40. The van der Waals surface area contributed by atoms with Crippen LogP contribution in [0.25, 0.3) is 10.9 Å². The summed E-state index contributed by atoms with van der Waals surface area (Å²) in [7, 11) is 0. The number of halogens is 3. The Bertz CT molecular complexity index is 1280. The molecule has 3 aliphatic rings. The first-order valence-corrected chi connectivity index (χ1v) is 13.1. The Hall–Kier alpha value is -2.69. The van der Waals surface area contributed by atoms with E-state index in [4.69, 9.17) is 23.2 Å². The third kappa shape index (κ3) is 4.70. The van der Waals surface area contributed by atoms with E-state index in [1.807, 2.05) is 0 Å². The van der Waals surface area contributed by atoms with Crippen LogP contribution < -0.4 is 10.6 Å². The monoisotopic (exact) mass is 552 g/mol. The fourth-order valence-electron chi connectivity index (χ4n) is 6.10. The van der Waals surface area contributed by atoms with E-state index in [1.165, 1.54) is 11.0 Å². The Balaban J connectivity index is 1.41. The number of Topliss-reactive ketones (excluding diaryl/α,β-unsaturated/α-hetero) is 1. The molecule has 198 valence electrons. The average molecular weight is 553 g/mol. The number of benzene rings is 1. The molecule has 2 aromatic rings. The molecule has 0 bridgehead atoms. The van der Waals surface area contributed by atoms with Gasteiger partial charge in [0.05, 0.1) is 16.6 Å². The van der Waals surface area contributed by atoms with Crippen molar-refractivity contribution in [3.63, 3.8) is 0 Å². The van der Waals surface area contributed by atoms with Gasteiger partial charge in [-0.1, -0.05) is 29.6 Å². The summed E-state index contributed by atoms with van der Waals surface area (Å²) in [6.45, 7) is 0.0801. The Morgan fingerprint density at radius 3 is 2.70 bits per heavy atom. The maximum absolute atomic E-state index is 14.1. The van der Waals surface area contributed by atoms with Crippen LogP contribution in [0.3, 0.4) is 0 Å². The number of fused-ring (bicyclic) bond motifs is 2. The number of ketones is 1. The van der Waals surface area contributed by atoms with Gasteiger partial charge in [0.2, 0.25) is 11.8 Å². The van der Waals surface area contributed by atoms with Crippen molar-refractivity contribution < 1.29 is 28.7 Å². The quantitative estimate of drug-likeness (QED) is 0.392. The zero-order chi connectivity index (χ0) is 26.4. The lowest BCUT2D eigenvalue weighted by Crippen LogP contribution is -2.53. The predicted molar refractivity (Wildman–Crippen MR) is 134 cm³/mol. The molecule has 2 aliphatic heterocycles. The van der Waals surface area contributed by atoms with Gasteiger partial charge in [0, 0.05) is 24.4 Å². The summed E-state index contributed by atoms with van der Waals surface area (Å²) in [6, 6.07) is 0.691. The maximum Gasteiger partial charge on any atom is 0.271 e. The molecule has 3 amide bonds. The number of hydrogen-bond acceptors (Lipinski definition) is 5. The number of nitrogens with one attached hydrogen (secondary N) is 3. The van der Waals surface area contributed by atoms with E-state index in [1.54, 1.807) is 0 Å².